The van der Waals surface area contributed by atoms with E-state index in [1.807, 2.05) is 0 Å². The van der Waals surface area contributed by atoms with Crippen LogP contribution in [0.5, 0.6) is 0 Å². The van der Waals surface area contributed by atoms with E-state index in [2.05, 4.69) is 0 Å². The average molecular weight is 309 g/mol. The smallest absolute Gasteiger partial charge is 0.338 e. The summed E-state index contributed by atoms with van der Waals surface area (Å²) in [6, 6.07) is 4.82. The van der Waals surface area contributed by atoms with Gasteiger partial charge in [0, 0.05) is 12.1 Å². The number of ether oxygens (including phenoxy) is 1. The molecule has 1 atom stereocenters. The third-order valence-electron chi connectivity index (χ3n) is 3.63. The van der Waals surface area contributed by atoms with Crippen LogP contribution >= 0.6 is 0 Å². The van der Waals surface area contributed by atoms with Crippen LogP contribution in [-0.4, -0.2) is 33.0 Å². The van der Waals surface area contributed by atoms with E-state index in [4.69, 9.17) is 10.5 Å². The molecule has 0 spiro atoms. The number of hydrogen-bond donors (Lipinski definition) is 3. The Morgan fingerprint density at radius 1 is 1.14 bits per heavy atom. The SMILES string of the molecule is CC(C)(C)OC(=O)c1ccc(CC(C)(O)C(C)(C)O)c(N)c1. The second-order valence-electron chi connectivity index (χ2n) is 7.43. The molecular weight excluding hydrogens is 282 g/mol. The number of nitrogens with two attached hydrogens (primary N) is 1. The van der Waals surface area contributed by atoms with Crippen LogP contribution in [0.2, 0.25) is 0 Å². The van der Waals surface area contributed by atoms with Crippen LogP contribution in [0.4, 0.5) is 5.69 Å². The molecule has 1 rings (SSSR count). The molecule has 0 heterocycles. The summed E-state index contributed by atoms with van der Waals surface area (Å²) in [5.41, 5.74) is 4.19. The Balaban J connectivity index is 2.98. The van der Waals surface area contributed by atoms with E-state index in [-0.39, 0.29) is 6.42 Å². The lowest BCUT2D eigenvalue weighted by Gasteiger charge is -2.36. The summed E-state index contributed by atoms with van der Waals surface area (Å²) >= 11 is 0. The lowest BCUT2D eigenvalue weighted by atomic mass is 9.82. The van der Waals surface area contributed by atoms with Gasteiger partial charge in [-0.25, -0.2) is 4.79 Å². The zero-order valence-corrected chi connectivity index (χ0v) is 14.2. The lowest BCUT2D eigenvalue weighted by Crippen LogP contribution is -2.49. The van der Waals surface area contributed by atoms with Gasteiger partial charge >= 0.3 is 5.97 Å². The van der Waals surface area contributed by atoms with Crippen LogP contribution in [0.3, 0.4) is 0 Å². The zero-order chi connectivity index (χ0) is 17.3. The molecule has 0 radical (unpaired) electrons. The molecule has 1 unspecified atom stereocenters. The number of aliphatic hydroxyl groups is 2. The second kappa shape index (κ2) is 5.89. The number of hydrogen-bond acceptors (Lipinski definition) is 5. The second-order valence-corrected chi connectivity index (χ2v) is 7.43. The highest BCUT2D eigenvalue weighted by Gasteiger charge is 2.38. The van der Waals surface area contributed by atoms with Gasteiger partial charge in [0.25, 0.3) is 0 Å². The fraction of sp³-hybridized carbons (Fsp3) is 0.588. The van der Waals surface area contributed by atoms with Crippen molar-refractivity contribution in [3.63, 3.8) is 0 Å². The Kier molecular flexibility index (Phi) is 4.94. The quantitative estimate of drug-likeness (QED) is 0.586. The summed E-state index contributed by atoms with van der Waals surface area (Å²) in [4.78, 5) is 12.0. The van der Waals surface area contributed by atoms with Crippen LogP contribution in [0.1, 0.15) is 57.5 Å². The van der Waals surface area contributed by atoms with Crippen LogP contribution < -0.4 is 5.73 Å². The zero-order valence-electron chi connectivity index (χ0n) is 14.2. The van der Waals surface area contributed by atoms with Crippen LogP contribution in [0, 0.1) is 0 Å². The molecule has 1 aromatic rings. The Labute approximate surface area is 132 Å². The summed E-state index contributed by atoms with van der Waals surface area (Å²) in [5.74, 6) is -0.444. The number of carbonyl (C=O) groups excluding carboxylic acids is 1. The highest BCUT2D eigenvalue weighted by molar-refractivity contribution is 5.91. The molecule has 0 fully saturated rings. The maximum Gasteiger partial charge on any atom is 0.338 e. The highest BCUT2D eigenvalue weighted by Crippen LogP contribution is 2.28. The number of nitrogen functional groups attached to an aromatic ring is 1. The van der Waals surface area contributed by atoms with Gasteiger partial charge in [0.1, 0.15) is 5.60 Å². The summed E-state index contributed by atoms with van der Waals surface area (Å²) in [5, 5.41) is 20.4. The standard InChI is InChI=1S/C17H27NO4/c1-15(2,3)22-14(19)11-7-8-12(13(18)9-11)10-17(6,21)16(4,5)20/h7-9,20-21H,10,18H2,1-6H3. The van der Waals surface area contributed by atoms with Crippen LogP contribution in [0.25, 0.3) is 0 Å². The first-order valence-electron chi connectivity index (χ1n) is 7.29. The van der Waals surface area contributed by atoms with E-state index in [1.54, 1.807) is 39.8 Å². The first-order valence-corrected chi connectivity index (χ1v) is 7.29. The third kappa shape index (κ3) is 4.71. The summed E-state index contributed by atoms with van der Waals surface area (Å²) in [6.07, 6.45) is 0.178. The molecule has 0 aliphatic carbocycles. The minimum absolute atomic E-state index is 0.178. The fourth-order valence-electron chi connectivity index (χ4n) is 1.81. The number of esters is 1. The molecule has 0 saturated carbocycles. The number of rotatable bonds is 4. The molecule has 0 saturated heterocycles. The minimum atomic E-state index is -1.34. The molecule has 0 aliphatic rings. The average Bonchev–Trinajstić information content (AvgIpc) is 2.27. The summed E-state index contributed by atoms with van der Waals surface area (Å²) in [6.45, 7) is 10.0. The van der Waals surface area contributed by atoms with Gasteiger partial charge in [-0.05, 0) is 59.2 Å². The Bertz CT molecular complexity index is 551. The minimum Gasteiger partial charge on any atom is -0.456 e. The van der Waals surface area contributed by atoms with Crippen molar-refractivity contribution in [1.82, 2.24) is 0 Å². The number of anilines is 1. The maximum absolute atomic E-state index is 12.0. The highest BCUT2D eigenvalue weighted by atomic mass is 16.6. The molecule has 4 N–H and O–H groups in total. The van der Waals surface area contributed by atoms with E-state index in [1.165, 1.54) is 19.9 Å². The summed E-state index contributed by atoms with van der Waals surface area (Å²) < 4.78 is 5.29. The van der Waals surface area contributed by atoms with Crippen molar-refractivity contribution in [2.45, 2.75) is 64.8 Å². The number of benzene rings is 1. The Morgan fingerprint density at radius 2 is 1.68 bits per heavy atom. The van der Waals surface area contributed by atoms with Crippen molar-refractivity contribution < 1.29 is 19.7 Å². The van der Waals surface area contributed by atoms with E-state index in [0.29, 0.717) is 16.8 Å². The van der Waals surface area contributed by atoms with Crippen molar-refractivity contribution >= 4 is 11.7 Å². The molecule has 0 amide bonds. The Hall–Kier alpha value is -1.59. The van der Waals surface area contributed by atoms with Crippen molar-refractivity contribution in [2.24, 2.45) is 0 Å². The molecule has 0 bridgehead atoms. The van der Waals surface area contributed by atoms with Crippen molar-refractivity contribution in [1.29, 1.82) is 0 Å². The van der Waals surface area contributed by atoms with Gasteiger partial charge in [-0.2, -0.15) is 0 Å². The van der Waals surface area contributed by atoms with Crippen molar-refractivity contribution in [3.05, 3.63) is 29.3 Å². The molecular formula is C17H27NO4. The lowest BCUT2D eigenvalue weighted by molar-refractivity contribution is -0.118. The molecule has 1 aromatic carbocycles. The molecule has 0 aromatic heterocycles. The monoisotopic (exact) mass is 309 g/mol. The molecule has 124 valence electrons. The van der Waals surface area contributed by atoms with E-state index >= 15 is 0 Å². The molecule has 5 heteroatoms. The topological polar surface area (TPSA) is 92.8 Å². The van der Waals surface area contributed by atoms with E-state index in [0.717, 1.165) is 0 Å². The van der Waals surface area contributed by atoms with Crippen LogP contribution in [-0.2, 0) is 11.2 Å². The normalized spacial score (nSPS) is 15.3. The third-order valence-corrected chi connectivity index (χ3v) is 3.63. The number of carbonyl (C=O) groups is 1. The predicted molar refractivity (Wildman–Crippen MR) is 86.6 cm³/mol. The van der Waals surface area contributed by atoms with E-state index in [9.17, 15) is 15.0 Å². The molecule has 5 nitrogen and oxygen atoms in total. The fourth-order valence-corrected chi connectivity index (χ4v) is 1.81. The maximum atomic E-state index is 12.0. The molecule has 22 heavy (non-hydrogen) atoms. The van der Waals surface area contributed by atoms with E-state index < -0.39 is 22.8 Å². The van der Waals surface area contributed by atoms with Gasteiger partial charge in [0.15, 0.2) is 0 Å². The van der Waals surface area contributed by atoms with Crippen molar-refractivity contribution in [3.8, 4) is 0 Å². The predicted octanol–water partition coefficient (Wildman–Crippen LogP) is 2.29. The van der Waals surface area contributed by atoms with Gasteiger partial charge in [-0.1, -0.05) is 6.07 Å². The van der Waals surface area contributed by atoms with Crippen LogP contribution in [0.15, 0.2) is 18.2 Å². The van der Waals surface area contributed by atoms with Gasteiger partial charge in [0.05, 0.1) is 16.8 Å². The molecule has 0 aliphatic heterocycles. The van der Waals surface area contributed by atoms with Gasteiger partial charge < -0.3 is 20.7 Å². The summed E-state index contributed by atoms with van der Waals surface area (Å²) in [7, 11) is 0. The van der Waals surface area contributed by atoms with Gasteiger partial charge in [-0.3, -0.25) is 0 Å². The first kappa shape index (κ1) is 18.5. The van der Waals surface area contributed by atoms with Crippen molar-refractivity contribution in [2.75, 3.05) is 5.73 Å². The van der Waals surface area contributed by atoms with Gasteiger partial charge in [0.2, 0.25) is 0 Å². The first-order chi connectivity index (χ1) is 9.73. The Morgan fingerprint density at radius 3 is 2.09 bits per heavy atom. The largest absolute Gasteiger partial charge is 0.456 e. The van der Waals surface area contributed by atoms with Gasteiger partial charge in [-0.15, -0.1) is 0 Å².